The molecule has 0 aliphatic rings. The van der Waals surface area contributed by atoms with Crippen LogP contribution in [0, 0.1) is 17.7 Å². The number of amides is 1. The van der Waals surface area contributed by atoms with E-state index in [0.29, 0.717) is 18.5 Å². The Balaban J connectivity index is 1.74. The van der Waals surface area contributed by atoms with Crippen molar-refractivity contribution in [2.75, 3.05) is 6.54 Å². The largest absolute Gasteiger partial charge is 0.445 e. The van der Waals surface area contributed by atoms with Gasteiger partial charge >= 0.3 is 6.09 Å². The maximum absolute atomic E-state index is 13.4. The molecule has 0 heterocycles. The molecular weight excluding hydrogens is 321 g/mol. The van der Waals surface area contributed by atoms with Crippen LogP contribution in [0.1, 0.15) is 34.8 Å². The highest BCUT2D eigenvalue weighted by atomic mass is 19.1. The van der Waals surface area contributed by atoms with Crippen LogP contribution in [-0.2, 0) is 11.3 Å². The zero-order valence-corrected chi connectivity index (χ0v) is 13.8. The third kappa shape index (κ3) is 6.11. The van der Waals surface area contributed by atoms with E-state index in [4.69, 9.17) is 4.74 Å². The van der Waals surface area contributed by atoms with Crippen LogP contribution in [0.5, 0.6) is 0 Å². The number of Topliss-reactive ketones (excluding diaryl/α,β-unsaturated/α-hetero) is 1. The van der Waals surface area contributed by atoms with Gasteiger partial charge in [0.2, 0.25) is 0 Å². The van der Waals surface area contributed by atoms with Crippen molar-refractivity contribution in [1.29, 1.82) is 0 Å². The molecule has 4 nitrogen and oxygen atoms in total. The number of rotatable bonds is 5. The molecule has 0 unspecified atom stereocenters. The number of carbonyl (C=O) groups excluding carboxylic acids is 2. The number of halogens is 1. The fourth-order valence-corrected chi connectivity index (χ4v) is 2.04. The average Bonchev–Trinajstić information content (AvgIpc) is 2.61. The molecule has 0 spiro atoms. The van der Waals surface area contributed by atoms with Gasteiger partial charge in [-0.05, 0) is 30.7 Å². The van der Waals surface area contributed by atoms with Crippen LogP contribution in [0.25, 0.3) is 0 Å². The van der Waals surface area contributed by atoms with Gasteiger partial charge in [-0.2, -0.15) is 0 Å². The summed E-state index contributed by atoms with van der Waals surface area (Å²) >= 11 is 0. The van der Waals surface area contributed by atoms with Crippen LogP contribution >= 0.6 is 0 Å². The number of hydrogen-bond donors (Lipinski definition) is 1. The molecule has 0 atom stereocenters. The third-order valence-corrected chi connectivity index (χ3v) is 3.31. The lowest BCUT2D eigenvalue weighted by Gasteiger charge is -2.05. The lowest BCUT2D eigenvalue weighted by molar-refractivity contribution is 0.101. The van der Waals surface area contributed by atoms with E-state index < -0.39 is 11.9 Å². The summed E-state index contributed by atoms with van der Waals surface area (Å²) in [5.41, 5.74) is 1.49. The second-order valence-electron chi connectivity index (χ2n) is 5.29. The molecule has 1 amide bonds. The normalized spacial score (nSPS) is 9.68. The molecule has 25 heavy (non-hydrogen) atoms. The number of ether oxygens (including phenoxy) is 1. The first-order valence-electron chi connectivity index (χ1n) is 7.80. The quantitative estimate of drug-likeness (QED) is 0.513. The van der Waals surface area contributed by atoms with E-state index in [9.17, 15) is 14.0 Å². The van der Waals surface area contributed by atoms with Crippen LogP contribution in [0.15, 0.2) is 48.5 Å². The van der Waals surface area contributed by atoms with Gasteiger partial charge in [0.15, 0.2) is 5.78 Å². The van der Waals surface area contributed by atoms with Crippen LogP contribution in [-0.4, -0.2) is 18.4 Å². The van der Waals surface area contributed by atoms with E-state index in [0.717, 1.165) is 5.56 Å². The summed E-state index contributed by atoms with van der Waals surface area (Å²) in [7, 11) is 0. The second kappa shape index (κ2) is 9.24. The van der Waals surface area contributed by atoms with Gasteiger partial charge in [0.05, 0.1) is 5.56 Å². The highest BCUT2D eigenvalue weighted by molar-refractivity contribution is 5.94. The van der Waals surface area contributed by atoms with Gasteiger partial charge in [-0.15, -0.1) is 0 Å². The fourth-order valence-electron chi connectivity index (χ4n) is 2.04. The Hall–Kier alpha value is -3.13. The van der Waals surface area contributed by atoms with Crippen LogP contribution in [0.2, 0.25) is 0 Å². The highest BCUT2D eigenvalue weighted by Gasteiger charge is 2.06. The van der Waals surface area contributed by atoms with E-state index in [1.807, 2.05) is 30.3 Å². The molecule has 0 aromatic heterocycles. The molecule has 2 aromatic carbocycles. The summed E-state index contributed by atoms with van der Waals surface area (Å²) in [6, 6.07) is 13.5. The minimum absolute atomic E-state index is 0.0226. The summed E-state index contributed by atoms with van der Waals surface area (Å²) in [4.78, 5) is 22.8. The third-order valence-electron chi connectivity index (χ3n) is 3.31. The maximum atomic E-state index is 13.4. The summed E-state index contributed by atoms with van der Waals surface area (Å²) < 4.78 is 18.5. The number of ketones is 1. The number of carbonyl (C=O) groups is 2. The van der Waals surface area contributed by atoms with E-state index in [-0.39, 0.29) is 18.0 Å². The molecule has 1 N–H and O–H groups in total. The number of nitrogens with one attached hydrogen (secondary N) is 1. The van der Waals surface area contributed by atoms with Crippen molar-refractivity contribution in [1.82, 2.24) is 5.32 Å². The highest BCUT2D eigenvalue weighted by Crippen LogP contribution is 2.10. The molecular formula is C20H18FNO3. The summed E-state index contributed by atoms with van der Waals surface area (Å²) in [6.45, 7) is 1.85. The molecule has 2 aromatic rings. The van der Waals surface area contributed by atoms with Gasteiger partial charge < -0.3 is 10.1 Å². The second-order valence-corrected chi connectivity index (χ2v) is 5.29. The van der Waals surface area contributed by atoms with E-state index in [2.05, 4.69) is 17.2 Å². The summed E-state index contributed by atoms with van der Waals surface area (Å²) in [6.07, 6.45) is -0.0981. The predicted molar refractivity (Wildman–Crippen MR) is 92.5 cm³/mol. The van der Waals surface area contributed by atoms with Crippen LogP contribution < -0.4 is 5.32 Å². The Labute approximate surface area is 146 Å². The van der Waals surface area contributed by atoms with Crippen molar-refractivity contribution in [2.45, 2.75) is 20.0 Å². The van der Waals surface area contributed by atoms with Crippen LogP contribution in [0.3, 0.4) is 0 Å². The van der Waals surface area contributed by atoms with E-state index >= 15 is 0 Å². The predicted octanol–water partition coefficient (Wildman–Crippen LogP) is 3.70. The molecule has 128 valence electrons. The first-order chi connectivity index (χ1) is 12.1. The molecule has 5 heteroatoms. The van der Waals surface area contributed by atoms with Gasteiger partial charge in [0, 0.05) is 18.5 Å². The topological polar surface area (TPSA) is 55.4 Å². The summed E-state index contributed by atoms with van der Waals surface area (Å²) in [5, 5.41) is 2.60. The Morgan fingerprint density at radius 2 is 1.92 bits per heavy atom. The molecule has 0 aliphatic carbocycles. The van der Waals surface area contributed by atoms with Gasteiger partial charge in [-0.1, -0.05) is 42.2 Å². The molecule has 0 aliphatic heterocycles. The lowest BCUT2D eigenvalue weighted by atomic mass is 10.1. The van der Waals surface area contributed by atoms with Gasteiger partial charge in [0.1, 0.15) is 12.4 Å². The molecule has 0 saturated carbocycles. The Bertz CT molecular complexity index is 807. The molecule has 0 saturated heterocycles. The first kappa shape index (κ1) is 18.2. The van der Waals surface area contributed by atoms with Crippen molar-refractivity contribution in [3.05, 3.63) is 71.0 Å². The Morgan fingerprint density at radius 3 is 2.64 bits per heavy atom. The fraction of sp³-hybridized carbons (Fsp3) is 0.200. The molecule has 0 bridgehead atoms. The number of hydrogen-bond acceptors (Lipinski definition) is 3. The van der Waals surface area contributed by atoms with Crippen molar-refractivity contribution >= 4 is 11.9 Å². The first-order valence-corrected chi connectivity index (χ1v) is 7.80. The summed E-state index contributed by atoms with van der Waals surface area (Å²) in [5.74, 6) is 4.80. The lowest BCUT2D eigenvalue weighted by Crippen LogP contribution is -2.24. The Kier molecular flexibility index (Phi) is 6.73. The van der Waals surface area contributed by atoms with Crippen molar-refractivity contribution < 1.29 is 18.7 Å². The van der Waals surface area contributed by atoms with Crippen molar-refractivity contribution in [2.24, 2.45) is 0 Å². The number of benzene rings is 2. The molecule has 0 fully saturated rings. The zero-order chi connectivity index (χ0) is 18.1. The zero-order valence-electron chi connectivity index (χ0n) is 13.8. The van der Waals surface area contributed by atoms with Crippen LogP contribution in [0.4, 0.5) is 9.18 Å². The minimum atomic E-state index is -0.555. The van der Waals surface area contributed by atoms with E-state index in [1.165, 1.54) is 25.1 Å². The van der Waals surface area contributed by atoms with Crippen molar-refractivity contribution in [3.8, 4) is 11.8 Å². The molecule has 0 radical (unpaired) electrons. The Morgan fingerprint density at radius 1 is 1.16 bits per heavy atom. The minimum Gasteiger partial charge on any atom is -0.445 e. The average molecular weight is 339 g/mol. The van der Waals surface area contributed by atoms with E-state index in [1.54, 1.807) is 0 Å². The smallest absolute Gasteiger partial charge is 0.407 e. The SMILES string of the molecule is CC(=O)c1cc(C#CCCNC(=O)OCc2ccccc2)ccc1F. The maximum Gasteiger partial charge on any atom is 0.407 e. The monoisotopic (exact) mass is 339 g/mol. The molecule has 2 rings (SSSR count). The standard InChI is InChI=1S/C20H18FNO3/c1-15(23)18-13-16(10-11-19(18)21)7-5-6-12-22-20(24)25-14-17-8-3-2-4-9-17/h2-4,8-11,13H,6,12,14H2,1H3,(H,22,24). The van der Waals surface area contributed by atoms with Gasteiger partial charge in [0.25, 0.3) is 0 Å². The van der Waals surface area contributed by atoms with Crippen molar-refractivity contribution in [3.63, 3.8) is 0 Å². The van der Waals surface area contributed by atoms with Gasteiger partial charge in [-0.25, -0.2) is 9.18 Å². The van der Waals surface area contributed by atoms with Gasteiger partial charge in [-0.3, -0.25) is 4.79 Å². The number of alkyl carbamates (subject to hydrolysis) is 1.